The summed E-state index contributed by atoms with van der Waals surface area (Å²) in [5.41, 5.74) is 0.771. The maximum atomic E-state index is 12.5. The molecule has 1 aromatic carbocycles. The molecule has 2 rings (SSSR count). The molecule has 1 amide bonds. The monoisotopic (exact) mass is 519 g/mol. The van der Waals surface area contributed by atoms with Crippen LogP contribution in [-0.2, 0) is 14.3 Å². The number of hydrogen-bond donors (Lipinski definition) is 0. The minimum atomic E-state index is -0.483. The average Bonchev–Trinajstić information content (AvgIpc) is 2.89. The van der Waals surface area contributed by atoms with E-state index in [-0.39, 0.29) is 12.5 Å². The summed E-state index contributed by atoms with van der Waals surface area (Å²) in [5, 5.41) is 0. The highest BCUT2D eigenvalue weighted by Crippen LogP contribution is 2.37. The molecule has 0 bridgehead atoms. The van der Waals surface area contributed by atoms with Gasteiger partial charge in [-0.2, -0.15) is 0 Å². The van der Waals surface area contributed by atoms with Gasteiger partial charge in [-0.1, -0.05) is 30.1 Å². The molecule has 0 radical (unpaired) electrons. The minimum absolute atomic E-state index is 0.149. The molecule has 0 aromatic heterocycles. The number of thioether (sulfide) groups is 1. The van der Waals surface area contributed by atoms with E-state index in [1.807, 2.05) is 13.0 Å². The van der Waals surface area contributed by atoms with Crippen LogP contribution in [0.4, 0.5) is 0 Å². The largest absolute Gasteiger partial charge is 0.490 e. The first kappa shape index (κ1) is 21.7. The van der Waals surface area contributed by atoms with E-state index >= 15 is 0 Å². The summed E-state index contributed by atoms with van der Waals surface area (Å²) in [6.45, 7) is 6.09. The number of halogens is 1. The fourth-order valence-electron chi connectivity index (χ4n) is 2.20. The van der Waals surface area contributed by atoms with Gasteiger partial charge in [-0.3, -0.25) is 9.69 Å². The van der Waals surface area contributed by atoms with Crippen molar-refractivity contribution in [3.63, 3.8) is 0 Å². The highest BCUT2D eigenvalue weighted by molar-refractivity contribution is 14.1. The third kappa shape index (κ3) is 5.45. The number of methoxy groups -OCH3 is 1. The maximum absolute atomic E-state index is 12.5. The van der Waals surface area contributed by atoms with Crippen molar-refractivity contribution in [1.29, 1.82) is 0 Å². The van der Waals surface area contributed by atoms with Gasteiger partial charge in [-0.05, 0) is 53.3 Å². The molecule has 0 N–H and O–H groups in total. The topological polar surface area (TPSA) is 65.1 Å². The molecule has 9 heteroatoms. The van der Waals surface area contributed by atoms with Gasteiger partial charge >= 0.3 is 5.97 Å². The van der Waals surface area contributed by atoms with Crippen LogP contribution in [0.3, 0.4) is 0 Å². The number of ether oxygens (including phenoxy) is 3. The summed E-state index contributed by atoms with van der Waals surface area (Å²) >= 11 is 8.59. The smallest absolute Gasteiger partial charge is 0.343 e. The Labute approximate surface area is 181 Å². The van der Waals surface area contributed by atoms with Crippen molar-refractivity contribution in [2.24, 2.45) is 0 Å². The number of amides is 1. The first-order chi connectivity index (χ1) is 12.9. The van der Waals surface area contributed by atoms with Crippen LogP contribution in [0.15, 0.2) is 29.7 Å². The number of nitrogens with zero attached hydrogens (tertiary/aromatic N) is 1. The van der Waals surface area contributed by atoms with E-state index in [1.165, 1.54) is 23.8 Å². The molecule has 0 atom stereocenters. The fourth-order valence-corrected chi connectivity index (χ4v) is 4.26. The number of hydrogen-bond acceptors (Lipinski definition) is 7. The zero-order chi connectivity index (χ0) is 20.0. The van der Waals surface area contributed by atoms with Gasteiger partial charge < -0.3 is 14.2 Å². The van der Waals surface area contributed by atoms with Gasteiger partial charge in [0.25, 0.3) is 5.91 Å². The molecule has 1 saturated heterocycles. The van der Waals surface area contributed by atoms with E-state index in [0.717, 1.165) is 9.13 Å². The lowest BCUT2D eigenvalue weighted by Gasteiger charge is -2.14. The van der Waals surface area contributed by atoms with Gasteiger partial charge in [-0.15, -0.1) is 6.58 Å². The summed E-state index contributed by atoms with van der Waals surface area (Å²) < 4.78 is 17.0. The Bertz CT molecular complexity index is 809. The Kier molecular flexibility index (Phi) is 8.11. The van der Waals surface area contributed by atoms with Crippen LogP contribution < -0.4 is 9.47 Å². The quantitative estimate of drug-likeness (QED) is 0.171. The predicted octanol–water partition coefficient (Wildman–Crippen LogP) is 3.63. The van der Waals surface area contributed by atoms with E-state index in [4.69, 9.17) is 21.7 Å². The van der Waals surface area contributed by atoms with Crippen molar-refractivity contribution in [2.75, 3.05) is 26.9 Å². The number of rotatable bonds is 8. The van der Waals surface area contributed by atoms with Crippen LogP contribution >= 0.6 is 46.6 Å². The third-order valence-electron chi connectivity index (χ3n) is 3.38. The molecular weight excluding hydrogens is 501 g/mol. The Morgan fingerprint density at radius 1 is 1.41 bits per heavy atom. The van der Waals surface area contributed by atoms with Gasteiger partial charge in [0.2, 0.25) is 0 Å². The van der Waals surface area contributed by atoms with Crippen LogP contribution in [0.5, 0.6) is 11.5 Å². The van der Waals surface area contributed by atoms with Gasteiger partial charge in [0.1, 0.15) is 4.32 Å². The van der Waals surface area contributed by atoms with E-state index in [9.17, 15) is 9.59 Å². The summed E-state index contributed by atoms with van der Waals surface area (Å²) in [6, 6.07) is 3.61. The van der Waals surface area contributed by atoms with Gasteiger partial charge in [0, 0.05) is 6.54 Å². The zero-order valence-electron chi connectivity index (χ0n) is 14.8. The Morgan fingerprint density at radius 2 is 2.15 bits per heavy atom. The second-order valence-corrected chi connectivity index (χ2v) is 8.05. The molecule has 144 valence electrons. The average molecular weight is 519 g/mol. The number of carbonyl (C=O) groups is 2. The molecule has 0 unspecified atom stereocenters. The molecule has 1 aromatic rings. The Balaban J connectivity index is 2.33. The maximum Gasteiger partial charge on any atom is 0.343 e. The first-order valence-electron chi connectivity index (χ1n) is 7.93. The predicted molar refractivity (Wildman–Crippen MR) is 118 cm³/mol. The summed E-state index contributed by atoms with van der Waals surface area (Å²) in [5.74, 6) is 0.312. The Hall–Kier alpha value is -1.59. The van der Waals surface area contributed by atoms with E-state index in [0.29, 0.717) is 33.9 Å². The van der Waals surface area contributed by atoms with E-state index < -0.39 is 5.97 Å². The zero-order valence-corrected chi connectivity index (χ0v) is 18.6. The van der Waals surface area contributed by atoms with Crippen molar-refractivity contribution >= 4 is 68.8 Å². The van der Waals surface area contributed by atoms with Crippen molar-refractivity contribution in [1.82, 2.24) is 4.90 Å². The molecule has 1 aliphatic heterocycles. The highest BCUT2D eigenvalue weighted by atomic mass is 127. The number of benzene rings is 1. The molecule has 27 heavy (non-hydrogen) atoms. The fraction of sp³-hybridized carbons (Fsp3) is 0.278. The van der Waals surface area contributed by atoms with E-state index in [1.54, 1.807) is 18.2 Å². The number of thiocarbonyl (C=S) groups is 1. The molecular formula is C18H18INO5S2. The van der Waals surface area contributed by atoms with Crippen molar-refractivity contribution in [2.45, 2.75) is 6.92 Å². The lowest BCUT2D eigenvalue weighted by Crippen LogP contribution is -2.27. The van der Waals surface area contributed by atoms with Crippen LogP contribution in [0.25, 0.3) is 6.08 Å². The van der Waals surface area contributed by atoms with Crippen molar-refractivity contribution in [3.05, 3.63) is 38.8 Å². The normalized spacial score (nSPS) is 15.2. The minimum Gasteiger partial charge on any atom is -0.490 e. The van der Waals surface area contributed by atoms with E-state index in [2.05, 4.69) is 33.9 Å². The second kappa shape index (κ2) is 10.1. The molecule has 1 fully saturated rings. The summed E-state index contributed by atoms with van der Waals surface area (Å²) in [7, 11) is 1.30. The second-order valence-electron chi connectivity index (χ2n) is 5.21. The van der Waals surface area contributed by atoms with Crippen LogP contribution in [0, 0.1) is 3.57 Å². The van der Waals surface area contributed by atoms with Crippen LogP contribution in [0.1, 0.15) is 12.5 Å². The molecule has 0 spiro atoms. The van der Waals surface area contributed by atoms with Gasteiger partial charge in [0.15, 0.2) is 18.1 Å². The standard InChI is InChI=1S/C18H18INO5S2/c1-4-6-20-17(22)14(27-18(20)26)9-11-7-12(19)16(13(8-11)24-5-2)25-10-15(21)23-3/h4,7-9H,1,5-6,10H2,2-3H3/b14-9-. The van der Waals surface area contributed by atoms with Crippen molar-refractivity contribution in [3.8, 4) is 11.5 Å². The molecule has 1 heterocycles. The Morgan fingerprint density at radius 3 is 2.78 bits per heavy atom. The van der Waals surface area contributed by atoms with Gasteiger partial charge in [0.05, 0.1) is 22.2 Å². The molecule has 0 aliphatic carbocycles. The SMILES string of the molecule is C=CCN1C(=O)/C(=C/c2cc(I)c(OCC(=O)OC)c(OCC)c2)SC1=S. The molecule has 0 saturated carbocycles. The summed E-state index contributed by atoms with van der Waals surface area (Å²) in [6.07, 6.45) is 3.40. The van der Waals surface area contributed by atoms with Crippen LogP contribution in [-0.4, -0.2) is 48.0 Å². The molecule has 1 aliphatic rings. The number of esters is 1. The number of carbonyl (C=O) groups excluding carboxylic acids is 2. The van der Waals surface area contributed by atoms with Crippen molar-refractivity contribution < 1.29 is 23.8 Å². The first-order valence-corrected chi connectivity index (χ1v) is 10.2. The lowest BCUT2D eigenvalue weighted by molar-refractivity contribution is -0.143. The van der Waals surface area contributed by atoms with Gasteiger partial charge in [-0.25, -0.2) is 4.79 Å². The third-order valence-corrected chi connectivity index (χ3v) is 5.56. The molecule has 6 nitrogen and oxygen atoms in total. The highest BCUT2D eigenvalue weighted by Gasteiger charge is 2.31. The summed E-state index contributed by atoms with van der Waals surface area (Å²) in [4.78, 5) is 25.9. The van der Waals surface area contributed by atoms with Crippen LogP contribution in [0.2, 0.25) is 0 Å². The lowest BCUT2D eigenvalue weighted by atomic mass is 10.2.